The van der Waals surface area contributed by atoms with Crippen LogP contribution in [-0.2, 0) is 24.2 Å². The van der Waals surface area contributed by atoms with Gasteiger partial charge in [-0.1, -0.05) is 59.8 Å². The summed E-state index contributed by atoms with van der Waals surface area (Å²) in [6, 6.07) is 28.5. The van der Waals surface area contributed by atoms with Crippen molar-refractivity contribution >= 4 is 33.7 Å². The van der Waals surface area contributed by atoms with Gasteiger partial charge in [-0.05, 0) is 91.1 Å². The predicted octanol–water partition coefficient (Wildman–Crippen LogP) is 5.92. The Morgan fingerprint density at radius 2 is 1.79 bits per heavy atom. The fourth-order valence-corrected chi connectivity index (χ4v) is 6.96. The van der Waals surface area contributed by atoms with E-state index in [-0.39, 0.29) is 30.0 Å². The van der Waals surface area contributed by atoms with E-state index >= 15 is 0 Å². The number of aromatic amines is 1. The molecule has 0 radical (unpaired) electrons. The van der Waals surface area contributed by atoms with Gasteiger partial charge in [-0.3, -0.25) is 10.1 Å². The van der Waals surface area contributed by atoms with Gasteiger partial charge >= 0.3 is 6.09 Å². The van der Waals surface area contributed by atoms with E-state index in [9.17, 15) is 19.8 Å². The number of aryl methyl sites for hydroxylation is 2. The number of fused-ring (bicyclic) bond motifs is 2. The molecular formula is C40H43N7O5. The second kappa shape index (κ2) is 15.8. The number of benzene rings is 4. The molecule has 1 aliphatic carbocycles. The second-order valence-electron chi connectivity index (χ2n) is 13.5. The number of aromatic hydroxyl groups is 1. The molecule has 7 N–H and O–H groups in total. The molecule has 0 unspecified atom stereocenters. The molecule has 12 heteroatoms. The Labute approximate surface area is 300 Å². The second-order valence-corrected chi connectivity index (χ2v) is 13.5. The standard InChI is InChI=1S/C40H43N7O5/c41-28-10-12-29(13-11-28)52-40(51)43-33-21-25(8-14-30(33)27-6-2-1-3-7-27)5-4-20-47-35-17-9-26(22-34(35)45-46-47)23-42-24-37(49)31-15-18-36(48)39-32(31)16-19-38(50)44-39/h1-3,6-9,14-19,21-22,28-29,37,42,48-49H,4-5,10-13,20,23-24,41H2,(H,43,51)(H,44,50)/t28?,29?,37-/m1/s1. The number of nitrogens with zero attached hydrogens (tertiary/aromatic N) is 3. The van der Waals surface area contributed by atoms with Gasteiger partial charge in [-0.2, -0.15) is 0 Å². The largest absolute Gasteiger partial charge is 0.506 e. The highest BCUT2D eigenvalue weighted by molar-refractivity contribution is 5.92. The van der Waals surface area contributed by atoms with Gasteiger partial charge in [-0.15, -0.1) is 5.10 Å². The molecule has 1 aliphatic rings. The van der Waals surface area contributed by atoms with Crippen molar-refractivity contribution in [1.82, 2.24) is 25.3 Å². The molecule has 0 saturated heterocycles. The molecule has 0 spiro atoms. The van der Waals surface area contributed by atoms with E-state index in [0.717, 1.165) is 71.8 Å². The molecule has 6 aromatic rings. The minimum absolute atomic E-state index is 0.0443. The number of carbonyl (C=O) groups is 1. The zero-order valence-electron chi connectivity index (χ0n) is 28.8. The first kappa shape index (κ1) is 34.9. The minimum atomic E-state index is -0.852. The predicted molar refractivity (Wildman–Crippen MR) is 201 cm³/mol. The maximum atomic E-state index is 13.0. The van der Waals surface area contributed by atoms with E-state index in [0.29, 0.717) is 35.2 Å². The topological polar surface area (TPSA) is 180 Å². The summed E-state index contributed by atoms with van der Waals surface area (Å²) in [6.45, 7) is 1.44. The van der Waals surface area contributed by atoms with Gasteiger partial charge in [0.05, 0.1) is 22.8 Å². The van der Waals surface area contributed by atoms with Crippen molar-refractivity contribution < 1.29 is 19.7 Å². The number of carbonyl (C=O) groups excluding carboxylic acids is 1. The molecule has 7 rings (SSSR count). The van der Waals surface area contributed by atoms with Crippen molar-refractivity contribution in [2.24, 2.45) is 5.73 Å². The number of hydrogen-bond donors (Lipinski definition) is 6. The lowest BCUT2D eigenvalue weighted by atomic mass is 9.94. The van der Waals surface area contributed by atoms with E-state index in [4.69, 9.17) is 10.5 Å². The van der Waals surface area contributed by atoms with E-state index < -0.39 is 12.2 Å². The van der Waals surface area contributed by atoms with Crippen LogP contribution in [0.2, 0.25) is 0 Å². The molecule has 1 amide bonds. The summed E-state index contributed by atoms with van der Waals surface area (Å²) < 4.78 is 7.67. The Morgan fingerprint density at radius 1 is 0.981 bits per heavy atom. The van der Waals surface area contributed by atoms with E-state index in [1.807, 2.05) is 65.3 Å². The number of anilines is 1. The Kier molecular flexibility index (Phi) is 10.6. The highest BCUT2D eigenvalue weighted by atomic mass is 16.6. The normalized spacial score (nSPS) is 16.6. The third kappa shape index (κ3) is 8.15. The lowest BCUT2D eigenvalue weighted by Crippen LogP contribution is -2.32. The van der Waals surface area contributed by atoms with Crippen LogP contribution in [0.5, 0.6) is 5.75 Å². The maximum absolute atomic E-state index is 13.0. The lowest BCUT2D eigenvalue weighted by molar-refractivity contribution is 0.0826. The number of aliphatic hydroxyl groups is 1. The van der Waals surface area contributed by atoms with Crippen molar-refractivity contribution in [2.45, 2.75) is 69.9 Å². The molecule has 1 fully saturated rings. The van der Waals surface area contributed by atoms with Gasteiger partial charge in [0.15, 0.2) is 0 Å². The monoisotopic (exact) mass is 701 g/mol. The minimum Gasteiger partial charge on any atom is -0.506 e. The maximum Gasteiger partial charge on any atom is 0.411 e. The average molecular weight is 702 g/mol. The Balaban J connectivity index is 0.956. The average Bonchev–Trinajstić information content (AvgIpc) is 3.55. The van der Waals surface area contributed by atoms with E-state index in [1.54, 1.807) is 12.1 Å². The number of rotatable bonds is 12. The fraction of sp³-hybridized carbons (Fsp3) is 0.300. The molecule has 0 aliphatic heterocycles. The number of aromatic nitrogens is 4. The van der Waals surface area contributed by atoms with Crippen molar-refractivity contribution in [3.8, 4) is 16.9 Å². The number of phenols is 1. The van der Waals surface area contributed by atoms with Gasteiger partial charge < -0.3 is 31.0 Å². The molecule has 12 nitrogen and oxygen atoms in total. The quantitative estimate of drug-likeness (QED) is 0.0903. The Hall–Kier alpha value is -5.56. The van der Waals surface area contributed by atoms with Crippen molar-refractivity contribution in [1.29, 1.82) is 0 Å². The molecule has 0 bridgehead atoms. The van der Waals surface area contributed by atoms with Crippen molar-refractivity contribution in [2.75, 3.05) is 11.9 Å². The van der Waals surface area contributed by atoms with Gasteiger partial charge in [0.2, 0.25) is 5.56 Å². The molecule has 268 valence electrons. The lowest BCUT2D eigenvalue weighted by Gasteiger charge is -2.26. The Bertz CT molecular complexity index is 2230. The van der Waals surface area contributed by atoms with Gasteiger partial charge in [0, 0.05) is 42.7 Å². The number of nitrogens with two attached hydrogens (primary N) is 1. The van der Waals surface area contributed by atoms with E-state index in [1.165, 1.54) is 12.1 Å². The number of nitrogens with one attached hydrogen (secondary N) is 3. The molecule has 2 aromatic heterocycles. The summed E-state index contributed by atoms with van der Waals surface area (Å²) >= 11 is 0. The summed E-state index contributed by atoms with van der Waals surface area (Å²) in [5.41, 5.74) is 13.1. The summed E-state index contributed by atoms with van der Waals surface area (Å²) in [7, 11) is 0. The number of phenolic OH excluding ortho intramolecular Hbond substituents is 1. The third-order valence-corrected chi connectivity index (χ3v) is 9.74. The number of ether oxygens (including phenoxy) is 1. The smallest absolute Gasteiger partial charge is 0.411 e. The number of hydrogen-bond acceptors (Lipinski definition) is 9. The van der Waals surface area contributed by atoms with Gasteiger partial charge in [-0.25, -0.2) is 9.48 Å². The van der Waals surface area contributed by atoms with Crippen LogP contribution in [0, 0.1) is 0 Å². The zero-order valence-corrected chi connectivity index (χ0v) is 28.8. The first-order valence-electron chi connectivity index (χ1n) is 17.8. The highest BCUT2D eigenvalue weighted by Crippen LogP contribution is 2.31. The molecule has 52 heavy (non-hydrogen) atoms. The third-order valence-electron chi connectivity index (χ3n) is 9.74. The van der Waals surface area contributed by atoms with Crippen LogP contribution in [0.15, 0.2) is 95.8 Å². The van der Waals surface area contributed by atoms with Crippen molar-refractivity contribution in [3.63, 3.8) is 0 Å². The zero-order chi connectivity index (χ0) is 36.0. The van der Waals surface area contributed by atoms with Crippen LogP contribution < -0.4 is 21.9 Å². The van der Waals surface area contributed by atoms with Crippen LogP contribution in [0.1, 0.15) is 54.9 Å². The summed E-state index contributed by atoms with van der Waals surface area (Å²) in [5.74, 6) is -0.0443. The Morgan fingerprint density at radius 3 is 2.62 bits per heavy atom. The highest BCUT2D eigenvalue weighted by Gasteiger charge is 2.22. The molecule has 4 aromatic carbocycles. The number of H-pyrrole nitrogens is 1. The van der Waals surface area contributed by atoms with Crippen molar-refractivity contribution in [3.05, 3.63) is 118 Å². The first-order chi connectivity index (χ1) is 25.3. The number of amides is 1. The van der Waals surface area contributed by atoms with Gasteiger partial charge in [0.25, 0.3) is 0 Å². The van der Waals surface area contributed by atoms with Crippen LogP contribution in [0.25, 0.3) is 33.1 Å². The summed E-state index contributed by atoms with van der Waals surface area (Å²) in [5, 5.41) is 36.8. The number of aliphatic hydroxyl groups excluding tert-OH is 1. The molecule has 1 atom stereocenters. The summed E-state index contributed by atoms with van der Waals surface area (Å²) in [4.78, 5) is 27.3. The molecular weight excluding hydrogens is 658 g/mol. The van der Waals surface area contributed by atoms with Crippen LogP contribution in [0.4, 0.5) is 10.5 Å². The number of pyridine rings is 1. The van der Waals surface area contributed by atoms with Gasteiger partial charge in [0.1, 0.15) is 17.4 Å². The SMILES string of the molecule is NC1CCC(OC(=O)Nc2cc(CCCn3nnc4cc(CNC[C@@H](O)c5ccc(O)c6[nH]c(=O)ccc56)ccc43)ccc2-c2ccccc2)CC1. The van der Waals surface area contributed by atoms with Crippen LogP contribution >= 0.6 is 0 Å². The molecule has 1 saturated carbocycles. The van der Waals surface area contributed by atoms with Crippen LogP contribution in [0.3, 0.4) is 0 Å². The molecule has 2 heterocycles. The van der Waals surface area contributed by atoms with Crippen LogP contribution in [-0.4, -0.2) is 55.0 Å². The fourth-order valence-electron chi connectivity index (χ4n) is 6.96. The van der Waals surface area contributed by atoms with E-state index in [2.05, 4.69) is 32.0 Å². The first-order valence-corrected chi connectivity index (χ1v) is 17.8. The summed E-state index contributed by atoms with van der Waals surface area (Å²) in [6.07, 6.45) is 3.46.